The number of rotatable bonds is 6. The Hall–Kier alpha value is -3.02. The van der Waals surface area contributed by atoms with Crippen LogP contribution in [-0.4, -0.2) is 31.7 Å². The van der Waals surface area contributed by atoms with Crippen molar-refractivity contribution in [1.82, 2.24) is 25.5 Å². The fourth-order valence-corrected chi connectivity index (χ4v) is 2.98. The Labute approximate surface area is 172 Å². The summed E-state index contributed by atoms with van der Waals surface area (Å²) in [5.41, 5.74) is 4.26. The smallest absolute Gasteiger partial charge is 0.251 e. The van der Waals surface area contributed by atoms with E-state index in [2.05, 4.69) is 59.0 Å². The number of tetrazole rings is 1. The summed E-state index contributed by atoms with van der Waals surface area (Å²) in [5, 5.41) is 15.3. The maximum absolute atomic E-state index is 13.0. The highest BCUT2D eigenvalue weighted by molar-refractivity contribution is 5.96. The summed E-state index contributed by atoms with van der Waals surface area (Å²) >= 11 is 0. The number of benzene rings is 2. The number of hydrogen-bond donors (Lipinski definition) is 1. The first-order chi connectivity index (χ1) is 13.7. The van der Waals surface area contributed by atoms with Crippen LogP contribution in [0.25, 0.3) is 16.8 Å². The second-order valence-corrected chi connectivity index (χ2v) is 8.43. The largest absolute Gasteiger partial charge is 0.347 e. The molecule has 0 saturated heterocycles. The summed E-state index contributed by atoms with van der Waals surface area (Å²) in [5.74, 6) is 0.807. The monoisotopic (exact) mass is 391 g/mol. The molecule has 0 aliphatic carbocycles. The van der Waals surface area contributed by atoms with Gasteiger partial charge < -0.3 is 5.32 Å². The van der Waals surface area contributed by atoms with Crippen LogP contribution in [0.1, 0.15) is 68.7 Å². The molecule has 0 aliphatic heterocycles. The molecule has 0 atom stereocenters. The number of aromatic nitrogens is 4. The summed E-state index contributed by atoms with van der Waals surface area (Å²) in [6.07, 6.45) is 0.841. The normalized spacial score (nSPS) is 11.7. The molecule has 0 aliphatic rings. The van der Waals surface area contributed by atoms with E-state index in [9.17, 15) is 4.79 Å². The highest BCUT2D eigenvalue weighted by Crippen LogP contribution is 2.26. The van der Waals surface area contributed by atoms with E-state index in [1.54, 1.807) is 4.68 Å². The van der Waals surface area contributed by atoms with Gasteiger partial charge in [0.05, 0.1) is 5.69 Å². The summed E-state index contributed by atoms with van der Waals surface area (Å²) < 4.78 is 1.71. The van der Waals surface area contributed by atoms with E-state index in [1.807, 2.05) is 45.9 Å². The Morgan fingerprint density at radius 1 is 1.10 bits per heavy atom. The zero-order chi connectivity index (χ0) is 21.2. The SMILES string of the molecule is CCC(C)(C)NC(=O)c1cc(-c2ccc(C)cc2)cc(-n2nnnc2C(C)C)c1. The number of nitrogens with one attached hydrogen (secondary N) is 1. The minimum atomic E-state index is -0.283. The average molecular weight is 392 g/mol. The number of aryl methyl sites for hydroxylation is 1. The molecule has 0 bridgehead atoms. The Morgan fingerprint density at radius 2 is 1.79 bits per heavy atom. The third-order valence-corrected chi connectivity index (χ3v) is 5.16. The van der Waals surface area contributed by atoms with Crippen LogP contribution in [0.2, 0.25) is 0 Å². The molecule has 152 valence electrons. The number of carbonyl (C=O) groups is 1. The minimum absolute atomic E-state index is 0.105. The maximum atomic E-state index is 13.0. The van der Waals surface area contributed by atoms with Crippen molar-refractivity contribution < 1.29 is 4.79 Å². The van der Waals surface area contributed by atoms with Crippen molar-refractivity contribution in [3.63, 3.8) is 0 Å². The third kappa shape index (κ3) is 4.70. The van der Waals surface area contributed by atoms with Crippen LogP contribution in [-0.2, 0) is 0 Å². The molecule has 1 aromatic heterocycles. The molecule has 6 heteroatoms. The van der Waals surface area contributed by atoms with Crippen molar-refractivity contribution >= 4 is 5.91 Å². The number of nitrogens with zero attached hydrogens (tertiary/aromatic N) is 4. The van der Waals surface area contributed by atoms with E-state index in [4.69, 9.17) is 0 Å². The molecule has 0 fully saturated rings. The summed E-state index contributed by atoms with van der Waals surface area (Å²) in [6.45, 7) is 12.3. The summed E-state index contributed by atoms with van der Waals surface area (Å²) in [4.78, 5) is 13.0. The lowest BCUT2D eigenvalue weighted by Crippen LogP contribution is -2.42. The molecule has 3 aromatic rings. The zero-order valence-corrected chi connectivity index (χ0v) is 18.0. The highest BCUT2D eigenvalue weighted by Gasteiger charge is 2.21. The lowest BCUT2D eigenvalue weighted by Gasteiger charge is -2.24. The highest BCUT2D eigenvalue weighted by atomic mass is 16.1. The molecule has 0 radical (unpaired) electrons. The molecule has 0 unspecified atom stereocenters. The molecule has 2 aromatic carbocycles. The van der Waals surface area contributed by atoms with Crippen molar-refractivity contribution in [2.45, 2.75) is 59.4 Å². The van der Waals surface area contributed by atoms with Gasteiger partial charge >= 0.3 is 0 Å². The first-order valence-corrected chi connectivity index (χ1v) is 10.0. The van der Waals surface area contributed by atoms with Crippen molar-refractivity contribution in [2.24, 2.45) is 0 Å². The molecule has 6 nitrogen and oxygen atoms in total. The number of amides is 1. The van der Waals surface area contributed by atoms with E-state index in [0.29, 0.717) is 5.56 Å². The Bertz CT molecular complexity index is 1000. The van der Waals surface area contributed by atoms with Gasteiger partial charge in [-0.2, -0.15) is 4.68 Å². The lowest BCUT2D eigenvalue weighted by molar-refractivity contribution is 0.0911. The van der Waals surface area contributed by atoms with Crippen molar-refractivity contribution in [3.05, 3.63) is 59.4 Å². The quantitative estimate of drug-likeness (QED) is 0.662. The van der Waals surface area contributed by atoms with Gasteiger partial charge in [0.1, 0.15) is 0 Å². The molecule has 0 saturated carbocycles. The molecule has 29 heavy (non-hydrogen) atoms. The van der Waals surface area contributed by atoms with E-state index in [1.165, 1.54) is 5.56 Å². The second-order valence-electron chi connectivity index (χ2n) is 8.43. The topological polar surface area (TPSA) is 72.7 Å². The van der Waals surface area contributed by atoms with Crippen molar-refractivity contribution in [2.75, 3.05) is 0 Å². The zero-order valence-electron chi connectivity index (χ0n) is 18.0. The van der Waals surface area contributed by atoms with Gasteiger partial charge in [0.25, 0.3) is 5.91 Å². The van der Waals surface area contributed by atoms with Crippen LogP contribution in [0.4, 0.5) is 0 Å². The van der Waals surface area contributed by atoms with Crippen LogP contribution >= 0.6 is 0 Å². The van der Waals surface area contributed by atoms with E-state index in [-0.39, 0.29) is 17.4 Å². The molecule has 1 amide bonds. The standard InChI is InChI=1S/C23H29N5O/c1-7-23(5,6)24-22(29)19-12-18(17-10-8-16(4)9-11-17)13-20(14-19)28-21(15(2)3)25-26-27-28/h8-15H,7H2,1-6H3,(H,24,29). The molecular weight excluding hydrogens is 362 g/mol. The second kappa shape index (κ2) is 8.15. The van der Waals surface area contributed by atoms with Crippen LogP contribution < -0.4 is 5.32 Å². The first kappa shape index (κ1) is 20.7. The lowest BCUT2D eigenvalue weighted by atomic mass is 9.98. The van der Waals surface area contributed by atoms with Gasteiger partial charge in [-0.15, -0.1) is 5.10 Å². The van der Waals surface area contributed by atoms with E-state index >= 15 is 0 Å². The predicted molar refractivity (Wildman–Crippen MR) is 115 cm³/mol. The molecule has 0 spiro atoms. The van der Waals surface area contributed by atoms with Gasteiger partial charge in [0, 0.05) is 17.0 Å². The van der Waals surface area contributed by atoms with Gasteiger partial charge in [-0.1, -0.05) is 50.6 Å². The number of carbonyl (C=O) groups excluding carboxylic acids is 1. The minimum Gasteiger partial charge on any atom is -0.347 e. The summed E-state index contributed by atoms with van der Waals surface area (Å²) in [7, 11) is 0. The Morgan fingerprint density at radius 3 is 2.41 bits per heavy atom. The van der Waals surface area contributed by atoms with Crippen LogP contribution in [0.15, 0.2) is 42.5 Å². The van der Waals surface area contributed by atoms with Gasteiger partial charge in [0.15, 0.2) is 5.82 Å². The van der Waals surface area contributed by atoms with Gasteiger partial charge in [-0.3, -0.25) is 4.79 Å². The van der Waals surface area contributed by atoms with Gasteiger partial charge in [-0.05, 0) is 66.9 Å². The fraction of sp³-hybridized carbons (Fsp3) is 0.391. The molecule has 3 rings (SSSR count). The average Bonchev–Trinajstić information content (AvgIpc) is 3.18. The van der Waals surface area contributed by atoms with Crippen LogP contribution in [0, 0.1) is 6.92 Å². The maximum Gasteiger partial charge on any atom is 0.251 e. The van der Waals surface area contributed by atoms with Crippen LogP contribution in [0.5, 0.6) is 0 Å². The molecule has 1 N–H and O–H groups in total. The van der Waals surface area contributed by atoms with Crippen LogP contribution in [0.3, 0.4) is 0 Å². The third-order valence-electron chi connectivity index (χ3n) is 5.16. The molecular formula is C23H29N5O. The van der Waals surface area contributed by atoms with E-state index in [0.717, 1.165) is 29.1 Å². The predicted octanol–water partition coefficient (Wildman–Crippen LogP) is 4.68. The van der Waals surface area contributed by atoms with Crippen molar-refractivity contribution in [1.29, 1.82) is 0 Å². The van der Waals surface area contributed by atoms with Gasteiger partial charge in [0.2, 0.25) is 0 Å². The summed E-state index contributed by atoms with van der Waals surface area (Å²) in [6, 6.07) is 14.1. The van der Waals surface area contributed by atoms with Gasteiger partial charge in [-0.25, -0.2) is 0 Å². The first-order valence-electron chi connectivity index (χ1n) is 10.0. The van der Waals surface area contributed by atoms with E-state index < -0.39 is 0 Å². The number of hydrogen-bond acceptors (Lipinski definition) is 4. The van der Waals surface area contributed by atoms with Crippen molar-refractivity contribution in [3.8, 4) is 16.8 Å². The fourth-order valence-electron chi connectivity index (χ4n) is 2.98. The Kier molecular flexibility index (Phi) is 5.82. The Balaban J connectivity index is 2.13. The molecule has 1 heterocycles.